The Morgan fingerprint density at radius 2 is 1.75 bits per heavy atom. The van der Waals surface area contributed by atoms with E-state index < -0.39 is 0 Å². The molecule has 0 saturated heterocycles. The molecule has 0 aliphatic heterocycles. The van der Waals surface area contributed by atoms with Crippen molar-refractivity contribution < 1.29 is 4.79 Å². The summed E-state index contributed by atoms with van der Waals surface area (Å²) in [6.07, 6.45) is 1.92. The highest BCUT2D eigenvalue weighted by Crippen LogP contribution is 2.12. The molecule has 1 N–H and O–H groups in total. The second kappa shape index (κ2) is 7.43. The maximum absolute atomic E-state index is 12.2. The Bertz CT molecular complexity index is 568. The van der Waals surface area contributed by atoms with Crippen LogP contribution in [0.15, 0.2) is 54.6 Å². The normalized spacial score (nSPS) is 11.9. The van der Waals surface area contributed by atoms with Crippen molar-refractivity contribution >= 4 is 28.5 Å². The molecule has 3 heteroatoms. The topological polar surface area (TPSA) is 29.1 Å². The summed E-state index contributed by atoms with van der Waals surface area (Å²) in [7, 11) is 0. The molecule has 2 aromatic rings. The molecule has 2 nitrogen and oxygen atoms in total. The first-order valence-electron chi connectivity index (χ1n) is 6.76. The minimum absolute atomic E-state index is 0.00978. The fraction of sp³-hybridized carbons (Fsp3) is 0.235. The van der Waals surface area contributed by atoms with E-state index in [9.17, 15) is 4.79 Å². The van der Waals surface area contributed by atoms with E-state index in [4.69, 9.17) is 0 Å². The summed E-state index contributed by atoms with van der Waals surface area (Å²) in [4.78, 5) is 12.2. The van der Waals surface area contributed by atoms with E-state index in [-0.39, 0.29) is 11.9 Å². The number of carbonyl (C=O) groups is 1. The molecule has 0 aromatic heterocycles. The zero-order chi connectivity index (χ0) is 14.4. The van der Waals surface area contributed by atoms with Gasteiger partial charge in [-0.2, -0.15) is 0 Å². The fourth-order valence-corrected chi connectivity index (χ4v) is 2.68. The molecule has 0 saturated carbocycles. The van der Waals surface area contributed by atoms with Crippen LogP contribution < -0.4 is 5.32 Å². The number of rotatable bonds is 5. The van der Waals surface area contributed by atoms with Gasteiger partial charge in [0.15, 0.2) is 0 Å². The molecule has 104 valence electrons. The third kappa shape index (κ3) is 4.34. The molecule has 0 spiro atoms. The van der Waals surface area contributed by atoms with Crippen LogP contribution in [-0.2, 0) is 6.42 Å². The van der Waals surface area contributed by atoms with Crippen LogP contribution in [-0.4, -0.2) is 11.9 Å². The average molecular weight is 379 g/mol. The van der Waals surface area contributed by atoms with E-state index in [1.54, 1.807) is 0 Å². The Balaban J connectivity index is 1.87. The van der Waals surface area contributed by atoms with Crippen LogP contribution in [0.5, 0.6) is 0 Å². The van der Waals surface area contributed by atoms with Crippen LogP contribution in [0.1, 0.15) is 29.3 Å². The smallest absolute Gasteiger partial charge is 0.252 e. The number of benzene rings is 2. The summed E-state index contributed by atoms with van der Waals surface area (Å²) in [6.45, 7) is 2.05. The monoisotopic (exact) mass is 379 g/mol. The van der Waals surface area contributed by atoms with Gasteiger partial charge in [0.25, 0.3) is 5.91 Å². The highest BCUT2D eigenvalue weighted by atomic mass is 127. The summed E-state index contributed by atoms with van der Waals surface area (Å²) in [5.74, 6) is 0.00978. The van der Waals surface area contributed by atoms with Gasteiger partial charge >= 0.3 is 0 Å². The van der Waals surface area contributed by atoms with Gasteiger partial charge in [0, 0.05) is 9.61 Å². The second-order valence-corrected chi connectivity index (χ2v) is 6.04. The first-order chi connectivity index (χ1) is 9.66. The number of nitrogens with one attached hydrogen (secondary N) is 1. The Hall–Kier alpha value is -1.36. The summed E-state index contributed by atoms with van der Waals surface area (Å²) < 4.78 is 0.984. The van der Waals surface area contributed by atoms with E-state index in [0.717, 1.165) is 22.0 Å². The third-order valence-electron chi connectivity index (χ3n) is 3.20. The van der Waals surface area contributed by atoms with Crippen LogP contribution in [0.3, 0.4) is 0 Å². The molecular formula is C17H18INO. The van der Waals surface area contributed by atoms with Gasteiger partial charge in [0.2, 0.25) is 0 Å². The van der Waals surface area contributed by atoms with Gasteiger partial charge in [-0.15, -0.1) is 0 Å². The number of hydrogen-bond donors (Lipinski definition) is 1. The molecule has 0 aliphatic rings. The third-order valence-corrected chi connectivity index (χ3v) is 4.15. The largest absolute Gasteiger partial charge is 0.350 e. The molecule has 0 heterocycles. The van der Waals surface area contributed by atoms with Gasteiger partial charge in [-0.25, -0.2) is 0 Å². The highest BCUT2D eigenvalue weighted by Gasteiger charge is 2.12. The van der Waals surface area contributed by atoms with E-state index in [1.807, 2.05) is 42.5 Å². The van der Waals surface area contributed by atoms with Gasteiger partial charge in [0.05, 0.1) is 5.56 Å². The quantitative estimate of drug-likeness (QED) is 0.781. The number of halogens is 1. The van der Waals surface area contributed by atoms with E-state index in [1.165, 1.54) is 5.56 Å². The lowest BCUT2D eigenvalue weighted by atomic mass is 10.1. The van der Waals surface area contributed by atoms with Crippen molar-refractivity contribution in [3.8, 4) is 0 Å². The minimum atomic E-state index is 0.00978. The van der Waals surface area contributed by atoms with Gasteiger partial charge < -0.3 is 5.32 Å². The van der Waals surface area contributed by atoms with Gasteiger partial charge in [0.1, 0.15) is 0 Å². The minimum Gasteiger partial charge on any atom is -0.350 e. The predicted octanol–water partition coefficient (Wildman–Crippen LogP) is 4.04. The van der Waals surface area contributed by atoms with Crippen molar-refractivity contribution in [3.05, 3.63) is 69.3 Å². The average Bonchev–Trinajstić information content (AvgIpc) is 2.46. The molecule has 0 bridgehead atoms. The van der Waals surface area contributed by atoms with Crippen molar-refractivity contribution in [2.75, 3.05) is 0 Å². The van der Waals surface area contributed by atoms with Gasteiger partial charge in [-0.3, -0.25) is 4.79 Å². The van der Waals surface area contributed by atoms with Crippen LogP contribution in [0, 0.1) is 3.57 Å². The lowest BCUT2D eigenvalue weighted by Gasteiger charge is -2.14. The summed E-state index contributed by atoms with van der Waals surface area (Å²) in [5.41, 5.74) is 2.06. The standard InChI is InChI=1S/C17H18INO/c1-13(11-12-14-7-3-2-4-8-14)19-17(20)15-9-5-6-10-16(15)18/h2-10,13H,11-12H2,1H3,(H,19,20). The van der Waals surface area contributed by atoms with E-state index in [2.05, 4.69) is 47.0 Å². The summed E-state index contributed by atoms with van der Waals surface area (Å²) in [6, 6.07) is 18.2. The van der Waals surface area contributed by atoms with E-state index >= 15 is 0 Å². The van der Waals surface area contributed by atoms with Gasteiger partial charge in [-0.05, 0) is 60.1 Å². The van der Waals surface area contributed by atoms with Crippen molar-refractivity contribution in [2.45, 2.75) is 25.8 Å². The number of hydrogen-bond acceptors (Lipinski definition) is 1. The number of carbonyl (C=O) groups excluding carboxylic acids is 1. The summed E-state index contributed by atoms with van der Waals surface area (Å²) in [5, 5.41) is 3.06. The predicted molar refractivity (Wildman–Crippen MR) is 90.9 cm³/mol. The van der Waals surface area contributed by atoms with Crippen molar-refractivity contribution in [3.63, 3.8) is 0 Å². The lowest BCUT2D eigenvalue weighted by molar-refractivity contribution is 0.0937. The molecule has 0 fully saturated rings. The molecular weight excluding hydrogens is 361 g/mol. The molecule has 1 atom stereocenters. The summed E-state index contributed by atoms with van der Waals surface area (Å²) >= 11 is 2.19. The van der Waals surface area contributed by atoms with Crippen molar-refractivity contribution in [1.29, 1.82) is 0 Å². The van der Waals surface area contributed by atoms with Crippen LogP contribution in [0.4, 0.5) is 0 Å². The molecule has 2 aromatic carbocycles. The Morgan fingerprint density at radius 1 is 1.10 bits per heavy atom. The van der Waals surface area contributed by atoms with Crippen molar-refractivity contribution in [1.82, 2.24) is 5.32 Å². The molecule has 1 amide bonds. The highest BCUT2D eigenvalue weighted by molar-refractivity contribution is 14.1. The maximum Gasteiger partial charge on any atom is 0.252 e. The first-order valence-corrected chi connectivity index (χ1v) is 7.84. The number of aryl methyl sites for hydroxylation is 1. The van der Waals surface area contributed by atoms with Crippen molar-refractivity contribution in [2.24, 2.45) is 0 Å². The first kappa shape index (κ1) is 15.0. The molecule has 2 rings (SSSR count). The van der Waals surface area contributed by atoms with E-state index in [0.29, 0.717) is 0 Å². The molecule has 20 heavy (non-hydrogen) atoms. The van der Waals surface area contributed by atoms with Gasteiger partial charge in [-0.1, -0.05) is 42.5 Å². The zero-order valence-electron chi connectivity index (χ0n) is 11.5. The fourth-order valence-electron chi connectivity index (χ4n) is 2.05. The second-order valence-electron chi connectivity index (χ2n) is 4.88. The Labute approximate surface area is 133 Å². The Kier molecular flexibility index (Phi) is 5.59. The van der Waals surface area contributed by atoms with Crippen LogP contribution >= 0.6 is 22.6 Å². The zero-order valence-corrected chi connectivity index (χ0v) is 13.6. The molecule has 1 unspecified atom stereocenters. The maximum atomic E-state index is 12.2. The molecule has 0 radical (unpaired) electrons. The van der Waals surface area contributed by atoms with Crippen LogP contribution in [0.25, 0.3) is 0 Å². The Morgan fingerprint density at radius 3 is 2.45 bits per heavy atom. The lowest BCUT2D eigenvalue weighted by Crippen LogP contribution is -2.33. The number of amides is 1. The SMILES string of the molecule is CC(CCc1ccccc1)NC(=O)c1ccccc1I. The van der Waals surface area contributed by atoms with Crippen LogP contribution in [0.2, 0.25) is 0 Å². The molecule has 0 aliphatic carbocycles.